The fourth-order valence-corrected chi connectivity index (χ4v) is 5.37. The number of rotatable bonds is 4. The van der Waals surface area contributed by atoms with E-state index in [0.717, 1.165) is 50.5 Å². The molecule has 8 nitrogen and oxygen atoms in total. The Labute approximate surface area is 159 Å². The molecule has 0 spiro atoms. The summed E-state index contributed by atoms with van der Waals surface area (Å²) >= 11 is 0. The van der Waals surface area contributed by atoms with Crippen LogP contribution in [0.5, 0.6) is 5.75 Å². The van der Waals surface area contributed by atoms with E-state index in [9.17, 15) is 8.42 Å². The number of hydrogen-bond acceptors (Lipinski definition) is 6. The highest BCUT2D eigenvalue weighted by Gasteiger charge is 2.32. The maximum atomic E-state index is 13.0. The second-order valence-corrected chi connectivity index (χ2v) is 8.92. The quantitative estimate of drug-likeness (QED) is 0.836. The molecule has 2 aliphatic heterocycles. The first-order chi connectivity index (χ1) is 13.1. The average Bonchev–Trinajstić information content (AvgIpc) is 2.96. The van der Waals surface area contributed by atoms with Gasteiger partial charge in [0.05, 0.1) is 12.0 Å². The van der Waals surface area contributed by atoms with Crippen molar-refractivity contribution in [2.24, 2.45) is 0 Å². The van der Waals surface area contributed by atoms with E-state index >= 15 is 0 Å². The number of methoxy groups -OCH3 is 1. The first kappa shape index (κ1) is 18.4. The van der Waals surface area contributed by atoms with Gasteiger partial charge < -0.3 is 14.6 Å². The van der Waals surface area contributed by atoms with E-state index in [1.165, 1.54) is 7.11 Å². The molecule has 2 aliphatic rings. The molecule has 1 aromatic heterocycles. The maximum absolute atomic E-state index is 13.0. The molecule has 146 valence electrons. The van der Waals surface area contributed by atoms with Gasteiger partial charge >= 0.3 is 0 Å². The van der Waals surface area contributed by atoms with Crippen LogP contribution in [0.25, 0.3) is 0 Å². The van der Waals surface area contributed by atoms with Crippen LogP contribution >= 0.6 is 0 Å². The summed E-state index contributed by atoms with van der Waals surface area (Å²) in [5.74, 6) is 2.83. The molecule has 1 aromatic carbocycles. The predicted molar refractivity (Wildman–Crippen MR) is 100 cm³/mol. The van der Waals surface area contributed by atoms with Crippen LogP contribution in [0.1, 0.15) is 30.4 Å². The van der Waals surface area contributed by atoms with Gasteiger partial charge in [0.15, 0.2) is 0 Å². The topological polar surface area (TPSA) is 89.4 Å². The van der Waals surface area contributed by atoms with Crippen molar-refractivity contribution in [2.75, 3.05) is 33.3 Å². The Morgan fingerprint density at radius 1 is 1.15 bits per heavy atom. The summed E-state index contributed by atoms with van der Waals surface area (Å²) in [4.78, 5) is 0.280. The molecule has 0 saturated carbocycles. The van der Waals surface area contributed by atoms with Crippen molar-refractivity contribution in [1.82, 2.24) is 24.4 Å². The van der Waals surface area contributed by atoms with Gasteiger partial charge in [0.1, 0.15) is 17.4 Å². The van der Waals surface area contributed by atoms with E-state index in [1.54, 1.807) is 28.6 Å². The zero-order valence-corrected chi connectivity index (χ0v) is 16.3. The molecule has 27 heavy (non-hydrogen) atoms. The molecule has 1 fully saturated rings. The lowest BCUT2D eigenvalue weighted by atomic mass is 9.97. The molecule has 0 aliphatic carbocycles. The zero-order valence-electron chi connectivity index (χ0n) is 15.5. The van der Waals surface area contributed by atoms with Crippen molar-refractivity contribution < 1.29 is 13.2 Å². The normalized spacial score (nSPS) is 19.4. The number of nitrogens with one attached hydrogen (secondary N) is 1. The first-order valence-corrected chi connectivity index (χ1v) is 10.8. The number of hydrogen-bond donors (Lipinski definition) is 1. The summed E-state index contributed by atoms with van der Waals surface area (Å²) in [6.45, 7) is 3.70. The Kier molecular flexibility index (Phi) is 5.16. The minimum Gasteiger partial charge on any atom is -0.497 e. The molecule has 0 amide bonds. The molecule has 0 radical (unpaired) electrons. The third kappa shape index (κ3) is 3.59. The summed E-state index contributed by atoms with van der Waals surface area (Å²) in [5, 5.41) is 12.2. The van der Waals surface area contributed by atoms with Crippen LogP contribution in [0, 0.1) is 0 Å². The minimum atomic E-state index is -3.51. The number of fused-ring (bicyclic) bond motifs is 1. The molecular weight excluding hydrogens is 366 g/mol. The van der Waals surface area contributed by atoms with E-state index in [2.05, 4.69) is 20.1 Å². The van der Waals surface area contributed by atoms with Crippen LogP contribution in [-0.4, -0.2) is 60.8 Å². The molecule has 2 aromatic rings. The van der Waals surface area contributed by atoms with E-state index in [1.807, 2.05) is 0 Å². The largest absolute Gasteiger partial charge is 0.497 e. The molecule has 3 heterocycles. The number of nitrogens with zero attached hydrogens (tertiary/aromatic N) is 4. The predicted octanol–water partition coefficient (Wildman–Crippen LogP) is 1.00. The van der Waals surface area contributed by atoms with Crippen molar-refractivity contribution in [1.29, 1.82) is 0 Å². The van der Waals surface area contributed by atoms with E-state index < -0.39 is 10.0 Å². The summed E-state index contributed by atoms with van der Waals surface area (Å²) in [7, 11) is -1.97. The third-order valence-corrected chi connectivity index (χ3v) is 7.29. The van der Waals surface area contributed by atoms with Gasteiger partial charge in [0.2, 0.25) is 10.0 Å². The van der Waals surface area contributed by atoms with E-state index in [0.29, 0.717) is 18.8 Å². The second kappa shape index (κ2) is 7.57. The van der Waals surface area contributed by atoms with Crippen LogP contribution in [0.3, 0.4) is 0 Å². The summed E-state index contributed by atoms with van der Waals surface area (Å²) < 4.78 is 34.9. The monoisotopic (exact) mass is 391 g/mol. The van der Waals surface area contributed by atoms with Crippen molar-refractivity contribution >= 4 is 10.0 Å². The molecule has 9 heteroatoms. The van der Waals surface area contributed by atoms with E-state index in [-0.39, 0.29) is 10.8 Å². The fourth-order valence-electron chi connectivity index (χ4n) is 3.86. The van der Waals surface area contributed by atoms with Gasteiger partial charge in [-0.1, -0.05) is 6.07 Å². The Morgan fingerprint density at radius 2 is 1.96 bits per heavy atom. The highest BCUT2D eigenvalue weighted by atomic mass is 32.2. The lowest BCUT2D eigenvalue weighted by molar-refractivity contribution is 0.308. The second-order valence-electron chi connectivity index (χ2n) is 6.98. The van der Waals surface area contributed by atoms with Crippen molar-refractivity contribution in [2.45, 2.75) is 36.6 Å². The molecular formula is C18H25N5O3S. The van der Waals surface area contributed by atoms with Gasteiger partial charge in [-0.05, 0) is 25.0 Å². The van der Waals surface area contributed by atoms with Crippen LogP contribution in [0.15, 0.2) is 29.2 Å². The average molecular weight is 391 g/mol. The number of benzene rings is 1. The number of ether oxygens (including phenoxy) is 1. The maximum Gasteiger partial charge on any atom is 0.243 e. The molecule has 1 N–H and O–H groups in total. The third-order valence-electron chi connectivity index (χ3n) is 5.39. The lowest BCUT2D eigenvalue weighted by Gasteiger charge is -2.31. The summed E-state index contributed by atoms with van der Waals surface area (Å²) in [6.07, 6.45) is 2.40. The summed E-state index contributed by atoms with van der Waals surface area (Å²) in [5.41, 5.74) is 0. The lowest BCUT2D eigenvalue weighted by Crippen LogP contribution is -2.38. The van der Waals surface area contributed by atoms with Crippen LogP contribution < -0.4 is 10.1 Å². The number of sulfonamides is 1. The molecule has 0 atom stereocenters. The van der Waals surface area contributed by atoms with Gasteiger partial charge in [0.25, 0.3) is 0 Å². The van der Waals surface area contributed by atoms with Gasteiger partial charge in [-0.25, -0.2) is 8.42 Å². The Morgan fingerprint density at radius 3 is 2.74 bits per heavy atom. The Hall–Kier alpha value is -1.97. The highest BCUT2D eigenvalue weighted by molar-refractivity contribution is 7.89. The molecule has 0 unspecified atom stereocenters. The van der Waals surface area contributed by atoms with Gasteiger partial charge in [-0.2, -0.15) is 4.31 Å². The minimum absolute atomic E-state index is 0.251. The Balaban J connectivity index is 1.48. The highest BCUT2D eigenvalue weighted by Crippen LogP contribution is 2.31. The van der Waals surface area contributed by atoms with Crippen molar-refractivity contribution in [3.8, 4) is 5.75 Å². The number of aromatic nitrogens is 3. The number of piperidine rings is 1. The first-order valence-electron chi connectivity index (χ1n) is 9.36. The van der Waals surface area contributed by atoms with Gasteiger partial charge in [-0.15, -0.1) is 10.2 Å². The Bertz CT molecular complexity index is 903. The van der Waals surface area contributed by atoms with Gasteiger partial charge in [0, 0.05) is 51.1 Å². The van der Waals surface area contributed by atoms with Crippen molar-refractivity contribution in [3.05, 3.63) is 35.9 Å². The summed E-state index contributed by atoms with van der Waals surface area (Å²) in [6, 6.07) is 6.65. The van der Waals surface area contributed by atoms with Gasteiger partial charge in [-0.3, -0.25) is 0 Å². The van der Waals surface area contributed by atoms with E-state index in [4.69, 9.17) is 4.74 Å². The van der Waals surface area contributed by atoms with Crippen LogP contribution in [-0.2, 0) is 23.0 Å². The van der Waals surface area contributed by atoms with Crippen LogP contribution in [0.2, 0.25) is 0 Å². The fraction of sp³-hybridized carbons (Fsp3) is 0.556. The standard InChI is InChI=1S/C18H25N5O3S/c1-26-15-3-2-4-16(13-15)27(24,25)22-10-6-14(7-11-22)18-21-20-17-5-8-19-9-12-23(17)18/h2-4,13-14,19H,5-12H2,1H3. The van der Waals surface area contributed by atoms with Crippen molar-refractivity contribution in [3.63, 3.8) is 0 Å². The SMILES string of the molecule is COc1cccc(S(=O)(=O)N2CCC(c3nnc4n3CCNCC4)CC2)c1. The smallest absolute Gasteiger partial charge is 0.243 e. The van der Waals surface area contributed by atoms with Crippen LogP contribution in [0.4, 0.5) is 0 Å². The molecule has 4 rings (SSSR count). The molecule has 0 bridgehead atoms. The zero-order chi connectivity index (χ0) is 18.9. The molecule has 1 saturated heterocycles.